The highest BCUT2D eigenvalue weighted by molar-refractivity contribution is 5.74. The first kappa shape index (κ1) is 8.96. The minimum atomic E-state index is -0.123. The Morgan fingerprint density at radius 3 is 3.00 bits per heavy atom. The van der Waals surface area contributed by atoms with Gasteiger partial charge in [-0.25, -0.2) is 4.79 Å². The Balaban J connectivity index is 2.81. The minimum absolute atomic E-state index is 0.0477. The van der Waals surface area contributed by atoms with Gasteiger partial charge in [0.05, 0.1) is 30.4 Å². The van der Waals surface area contributed by atoms with Crippen molar-refractivity contribution in [2.45, 2.75) is 6.54 Å². The molecule has 14 heavy (non-hydrogen) atoms. The summed E-state index contributed by atoms with van der Waals surface area (Å²) in [6.45, 7) is 0.260. The van der Waals surface area contributed by atoms with Crippen LogP contribution in [0.25, 0.3) is 11.0 Å². The van der Waals surface area contributed by atoms with Crippen LogP contribution in [0.3, 0.4) is 0 Å². The Morgan fingerprint density at radius 2 is 2.29 bits per heavy atom. The van der Waals surface area contributed by atoms with Gasteiger partial charge in [-0.1, -0.05) is 0 Å². The molecule has 0 bridgehead atoms. The number of nitrogens with zero attached hydrogens (tertiary/aromatic N) is 3. The molecule has 0 spiro atoms. The monoisotopic (exact) mass is 193 g/mol. The summed E-state index contributed by atoms with van der Waals surface area (Å²) in [5.74, 6) is 0. The zero-order valence-corrected chi connectivity index (χ0v) is 7.84. The molecule has 0 aliphatic heterocycles. The van der Waals surface area contributed by atoms with Gasteiger partial charge >= 0.3 is 5.69 Å². The first-order valence-electron chi connectivity index (χ1n) is 4.36. The lowest BCUT2D eigenvalue weighted by atomic mass is 10.4. The van der Waals surface area contributed by atoms with Crippen LogP contribution in [0.5, 0.6) is 0 Å². The third-order valence-electron chi connectivity index (χ3n) is 2.27. The van der Waals surface area contributed by atoms with Gasteiger partial charge < -0.3 is 5.11 Å². The Labute approximate surface area is 80.2 Å². The van der Waals surface area contributed by atoms with Crippen LogP contribution in [0, 0.1) is 0 Å². The Kier molecular flexibility index (Phi) is 2.09. The molecule has 0 saturated carbocycles. The van der Waals surface area contributed by atoms with Gasteiger partial charge in [0, 0.05) is 13.2 Å². The van der Waals surface area contributed by atoms with Crippen LogP contribution >= 0.6 is 0 Å². The minimum Gasteiger partial charge on any atom is -0.395 e. The molecular formula is C9H11N3O2. The summed E-state index contributed by atoms with van der Waals surface area (Å²) < 4.78 is 3.06. The molecule has 2 aromatic rings. The highest BCUT2D eigenvalue weighted by Gasteiger charge is 2.08. The molecule has 1 N–H and O–H groups in total. The molecule has 2 aromatic heterocycles. The summed E-state index contributed by atoms with van der Waals surface area (Å²) in [6, 6.07) is 1.78. The number of aromatic nitrogens is 3. The molecule has 0 amide bonds. The van der Waals surface area contributed by atoms with Gasteiger partial charge in [0.1, 0.15) is 0 Å². The maximum atomic E-state index is 11.7. The number of hydrogen-bond acceptors (Lipinski definition) is 3. The van der Waals surface area contributed by atoms with Crippen molar-refractivity contribution in [2.75, 3.05) is 6.61 Å². The topological polar surface area (TPSA) is 60.0 Å². The summed E-state index contributed by atoms with van der Waals surface area (Å²) >= 11 is 0. The van der Waals surface area contributed by atoms with Crippen LogP contribution < -0.4 is 5.69 Å². The average molecular weight is 193 g/mol. The number of pyridine rings is 1. The molecule has 0 aliphatic carbocycles. The molecular weight excluding hydrogens is 182 g/mol. The smallest absolute Gasteiger partial charge is 0.328 e. The van der Waals surface area contributed by atoms with Crippen molar-refractivity contribution in [3.63, 3.8) is 0 Å². The lowest BCUT2D eigenvalue weighted by Gasteiger charge is -1.97. The van der Waals surface area contributed by atoms with E-state index in [0.717, 1.165) is 11.0 Å². The van der Waals surface area contributed by atoms with E-state index in [1.54, 1.807) is 30.1 Å². The summed E-state index contributed by atoms with van der Waals surface area (Å²) in [7, 11) is 1.71. The predicted octanol–water partition coefficient (Wildman–Crippen LogP) is -0.273. The number of imidazole rings is 1. The third-order valence-corrected chi connectivity index (χ3v) is 2.27. The number of fused-ring (bicyclic) bond motifs is 1. The van der Waals surface area contributed by atoms with Gasteiger partial charge in [0.15, 0.2) is 0 Å². The molecule has 0 aliphatic rings. The first-order chi connectivity index (χ1) is 6.75. The Bertz CT molecular complexity index is 512. The van der Waals surface area contributed by atoms with Crippen molar-refractivity contribution >= 4 is 11.0 Å². The van der Waals surface area contributed by atoms with Crippen LogP contribution in [0.1, 0.15) is 0 Å². The largest absolute Gasteiger partial charge is 0.395 e. The molecule has 2 rings (SSSR count). The second-order valence-corrected chi connectivity index (χ2v) is 3.08. The zero-order chi connectivity index (χ0) is 10.1. The van der Waals surface area contributed by atoms with E-state index in [1.807, 2.05) is 0 Å². The highest BCUT2D eigenvalue weighted by atomic mass is 16.3. The summed E-state index contributed by atoms with van der Waals surface area (Å²) in [4.78, 5) is 15.6. The number of aryl methyl sites for hydroxylation is 1. The number of rotatable bonds is 2. The molecule has 2 heterocycles. The van der Waals surface area contributed by atoms with Crippen molar-refractivity contribution in [2.24, 2.45) is 7.05 Å². The molecule has 0 radical (unpaired) electrons. The van der Waals surface area contributed by atoms with Crippen molar-refractivity contribution < 1.29 is 5.11 Å². The van der Waals surface area contributed by atoms with E-state index in [9.17, 15) is 4.79 Å². The fourth-order valence-corrected chi connectivity index (χ4v) is 1.57. The summed E-state index contributed by atoms with van der Waals surface area (Å²) in [6.07, 6.45) is 3.28. The molecule has 0 fully saturated rings. The number of aliphatic hydroxyl groups is 1. The van der Waals surface area contributed by atoms with E-state index in [1.165, 1.54) is 4.57 Å². The quantitative estimate of drug-likeness (QED) is 0.714. The molecule has 0 atom stereocenters. The van der Waals surface area contributed by atoms with Gasteiger partial charge in [-0.15, -0.1) is 0 Å². The first-order valence-corrected chi connectivity index (χ1v) is 4.36. The fourth-order valence-electron chi connectivity index (χ4n) is 1.57. The van der Waals surface area contributed by atoms with Gasteiger partial charge in [0.2, 0.25) is 0 Å². The van der Waals surface area contributed by atoms with E-state index >= 15 is 0 Å². The zero-order valence-electron chi connectivity index (χ0n) is 7.84. The van der Waals surface area contributed by atoms with Crippen molar-refractivity contribution in [1.82, 2.24) is 14.1 Å². The van der Waals surface area contributed by atoms with E-state index in [-0.39, 0.29) is 12.3 Å². The molecule has 0 unspecified atom stereocenters. The van der Waals surface area contributed by atoms with E-state index < -0.39 is 0 Å². The van der Waals surface area contributed by atoms with Crippen LogP contribution in [-0.2, 0) is 13.6 Å². The van der Waals surface area contributed by atoms with E-state index in [4.69, 9.17) is 5.11 Å². The standard InChI is InChI=1S/C9H11N3O2/c1-11-7-2-3-10-6-8(7)12(4-5-13)9(11)14/h2-3,6,13H,4-5H2,1H3. The SMILES string of the molecule is Cn1c(=O)n(CCO)c2cnccc21. The summed E-state index contributed by atoms with van der Waals surface area (Å²) in [5, 5.41) is 8.82. The van der Waals surface area contributed by atoms with Gasteiger partial charge in [-0.05, 0) is 6.07 Å². The van der Waals surface area contributed by atoms with E-state index in [0.29, 0.717) is 6.54 Å². The fraction of sp³-hybridized carbons (Fsp3) is 0.333. The third kappa shape index (κ3) is 1.13. The maximum Gasteiger partial charge on any atom is 0.328 e. The van der Waals surface area contributed by atoms with Gasteiger partial charge in [0.25, 0.3) is 0 Å². The lowest BCUT2D eigenvalue weighted by Crippen LogP contribution is -2.23. The van der Waals surface area contributed by atoms with Crippen molar-refractivity contribution in [1.29, 1.82) is 0 Å². The number of aliphatic hydroxyl groups excluding tert-OH is 1. The lowest BCUT2D eigenvalue weighted by molar-refractivity contribution is 0.275. The summed E-state index contributed by atoms with van der Waals surface area (Å²) in [5.41, 5.74) is 1.47. The number of hydrogen-bond donors (Lipinski definition) is 1. The molecule has 74 valence electrons. The second-order valence-electron chi connectivity index (χ2n) is 3.08. The molecule has 5 nitrogen and oxygen atoms in total. The van der Waals surface area contributed by atoms with Crippen LogP contribution in [0.4, 0.5) is 0 Å². The predicted molar refractivity (Wildman–Crippen MR) is 52.1 cm³/mol. The van der Waals surface area contributed by atoms with Crippen LogP contribution in [0.2, 0.25) is 0 Å². The highest BCUT2D eigenvalue weighted by Crippen LogP contribution is 2.08. The van der Waals surface area contributed by atoms with Gasteiger partial charge in [-0.3, -0.25) is 14.1 Å². The van der Waals surface area contributed by atoms with Crippen molar-refractivity contribution in [3.05, 3.63) is 28.9 Å². The van der Waals surface area contributed by atoms with Gasteiger partial charge in [-0.2, -0.15) is 0 Å². The van der Waals surface area contributed by atoms with Crippen molar-refractivity contribution in [3.8, 4) is 0 Å². The van der Waals surface area contributed by atoms with Crippen LogP contribution in [0.15, 0.2) is 23.3 Å². The normalized spacial score (nSPS) is 11.0. The average Bonchev–Trinajstić information content (AvgIpc) is 2.45. The molecule has 0 aromatic carbocycles. The maximum absolute atomic E-state index is 11.7. The van der Waals surface area contributed by atoms with Crippen LogP contribution in [-0.4, -0.2) is 25.8 Å². The second kappa shape index (κ2) is 3.26. The molecule has 5 heteroatoms. The molecule has 0 saturated heterocycles. The van der Waals surface area contributed by atoms with E-state index in [2.05, 4.69) is 4.98 Å². The Hall–Kier alpha value is -1.62. The Morgan fingerprint density at radius 1 is 1.50 bits per heavy atom.